The Morgan fingerprint density at radius 3 is 2.52 bits per heavy atom. The summed E-state index contributed by atoms with van der Waals surface area (Å²) < 4.78 is 0. The summed E-state index contributed by atoms with van der Waals surface area (Å²) in [6.45, 7) is 9.88. The van der Waals surface area contributed by atoms with Gasteiger partial charge < -0.3 is 15.5 Å². The smallest absolute Gasteiger partial charge is 0.156 e. The maximum atomic E-state index is 12.3. The van der Waals surface area contributed by atoms with Crippen LogP contribution >= 0.6 is 0 Å². The van der Waals surface area contributed by atoms with E-state index in [0.717, 1.165) is 36.8 Å². The van der Waals surface area contributed by atoms with Crippen molar-refractivity contribution in [3.05, 3.63) is 94.9 Å². The first-order valence-corrected chi connectivity index (χ1v) is 16.6. The molecule has 0 bridgehead atoms. The molecule has 4 unspecified atom stereocenters. The lowest BCUT2D eigenvalue weighted by molar-refractivity contribution is -0.114. The minimum Gasteiger partial charge on any atom is -0.372 e. The molecule has 4 atom stereocenters. The zero-order valence-corrected chi connectivity index (χ0v) is 25.4. The SMILES string of the molecule is C=C(NCc1ccc(C2CC3(C)CCCC3C3CCC4=CC(=O)CCC4=C23)cc1)Nc1ccc(N2CCCCC2)cc1. The van der Waals surface area contributed by atoms with E-state index in [0.29, 0.717) is 29.5 Å². The normalized spacial score (nSPS) is 28.9. The molecule has 1 heterocycles. The molecule has 42 heavy (non-hydrogen) atoms. The van der Waals surface area contributed by atoms with E-state index in [4.69, 9.17) is 0 Å². The van der Waals surface area contributed by atoms with Crippen LogP contribution in [0, 0.1) is 17.3 Å². The number of nitrogens with one attached hydrogen (secondary N) is 2. The molecule has 2 aromatic carbocycles. The molecule has 220 valence electrons. The summed E-state index contributed by atoms with van der Waals surface area (Å²) in [6, 6.07) is 18.1. The largest absolute Gasteiger partial charge is 0.372 e. The molecule has 0 radical (unpaired) electrons. The molecule has 0 amide bonds. The number of carbonyl (C=O) groups is 1. The predicted molar refractivity (Wildman–Crippen MR) is 173 cm³/mol. The topological polar surface area (TPSA) is 44.4 Å². The third-order valence-electron chi connectivity index (χ3n) is 11.3. The maximum absolute atomic E-state index is 12.3. The summed E-state index contributed by atoms with van der Waals surface area (Å²) in [5.41, 5.74) is 10.2. The fourth-order valence-corrected chi connectivity index (χ4v) is 9.17. The molecule has 3 fully saturated rings. The predicted octanol–water partition coefficient (Wildman–Crippen LogP) is 8.64. The number of ketones is 1. The molecule has 4 nitrogen and oxygen atoms in total. The molecule has 1 saturated heterocycles. The lowest BCUT2D eigenvalue weighted by atomic mass is 9.53. The van der Waals surface area contributed by atoms with Crippen LogP contribution < -0.4 is 15.5 Å². The lowest BCUT2D eigenvalue weighted by Gasteiger charge is -2.51. The molecule has 2 saturated carbocycles. The van der Waals surface area contributed by atoms with Gasteiger partial charge in [0, 0.05) is 43.3 Å². The van der Waals surface area contributed by atoms with E-state index in [1.165, 1.54) is 86.8 Å². The monoisotopic (exact) mass is 561 g/mol. The number of hydrogen-bond acceptors (Lipinski definition) is 4. The Bertz CT molecular complexity index is 1390. The number of anilines is 2. The van der Waals surface area contributed by atoms with Crippen molar-refractivity contribution in [1.29, 1.82) is 0 Å². The van der Waals surface area contributed by atoms with Crippen molar-refractivity contribution in [1.82, 2.24) is 5.32 Å². The highest BCUT2D eigenvalue weighted by atomic mass is 16.1. The van der Waals surface area contributed by atoms with Crippen LogP contribution in [-0.2, 0) is 11.3 Å². The van der Waals surface area contributed by atoms with Crippen molar-refractivity contribution >= 4 is 17.2 Å². The first kappa shape index (κ1) is 27.6. The Hall–Kier alpha value is -3.27. The van der Waals surface area contributed by atoms with Crippen molar-refractivity contribution < 1.29 is 4.79 Å². The second-order valence-corrected chi connectivity index (χ2v) is 13.9. The van der Waals surface area contributed by atoms with Crippen LogP contribution in [-0.4, -0.2) is 18.9 Å². The average Bonchev–Trinajstić information content (AvgIpc) is 3.42. The van der Waals surface area contributed by atoms with Crippen LogP contribution in [0.1, 0.15) is 94.6 Å². The third kappa shape index (κ3) is 5.34. The molecule has 0 spiro atoms. The Morgan fingerprint density at radius 2 is 1.74 bits per heavy atom. The fourth-order valence-electron chi connectivity index (χ4n) is 9.17. The van der Waals surface area contributed by atoms with E-state index in [1.807, 2.05) is 6.08 Å². The van der Waals surface area contributed by atoms with Crippen LogP contribution in [0.4, 0.5) is 11.4 Å². The Morgan fingerprint density at radius 1 is 0.952 bits per heavy atom. The summed E-state index contributed by atoms with van der Waals surface area (Å²) in [7, 11) is 0. The second kappa shape index (κ2) is 11.4. The molecule has 5 aliphatic rings. The number of piperidine rings is 1. The molecular weight excluding hydrogens is 514 g/mol. The van der Waals surface area contributed by atoms with Crippen LogP contribution in [0.25, 0.3) is 0 Å². The van der Waals surface area contributed by atoms with Crippen molar-refractivity contribution in [2.45, 2.75) is 90.0 Å². The average molecular weight is 562 g/mol. The zero-order valence-electron chi connectivity index (χ0n) is 25.4. The number of hydrogen-bond donors (Lipinski definition) is 2. The van der Waals surface area contributed by atoms with Crippen LogP contribution in [0.3, 0.4) is 0 Å². The van der Waals surface area contributed by atoms with E-state index in [-0.39, 0.29) is 0 Å². The lowest BCUT2D eigenvalue weighted by Crippen LogP contribution is -2.40. The minimum atomic E-state index is 0.327. The molecular formula is C38H47N3O. The van der Waals surface area contributed by atoms with Crippen molar-refractivity contribution in [2.75, 3.05) is 23.3 Å². The summed E-state index contributed by atoms with van der Waals surface area (Å²) in [5.74, 6) is 3.14. The van der Waals surface area contributed by atoms with Gasteiger partial charge in [-0.05, 0) is 128 Å². The Kier molecular flexibility index (Phi) is 7.50. The zero-order chi connectivity index (χ0) is 28.7. The van der Waals surface area contributed by atoms with Crippen LogP contribution in [0.15, 0.2) is 83.7 Å². The highest BCUT2D eigenvalue weighted by molar-refractivity contribution is 5.93. The summed E-state index contributed by atoms with van der Waals surface area (Å²) >= 11 is 0. The van der Waals surface area contributed by atoms with Gasteiger partial charge in [0.1, 0.15) is 0 Å². The standard InChI is InChI=1S/C38H47N3O/c1-26(40-30-13-15-31(16-14-30)41-21-4-3-5-22-41)39-25-27-8-10-28(11-9-27)35-24-38(2)20-6-7-36(38)34-18-12-29-23-32(42)17-19-33(29)37(34)35/h8-11,13-16,23,34-36,39-40H,1,3-7,12,17-22,24-25H2,2H3. The fraction of sp³-hybridized carbons (Fsp3) is 0.500. The molecule has 1 aliphatic heterocycles. The highest BCUT2D eigenvalue weighted by Gasteiger charge is 2.52. The number of allylic oxidation sites excluding steroid dienone is 4. The molecule has 2 N–H and O–H groups in total. The van der Waals surface area contributed by atoms with Crippen LogP contribution in [0.2, 0.25) is 0 Å². The summed E-state index contributed by atoms with van der Waals surface area (Å²) in [5, 5.41) is 6.91. The van der Waals surface area contributed by atoms with Gasteiger partial charge in [0.2, 0.25) is 0 Å². The number of benzene rings is 2. The van der Waals surface area contributed by atoms with E-state index in [9.17, 15) is 4.79 Å². The highest BCUT2D eigenvalue weighted by Crippen LogP contribution is 2.63. The number of carbonyl (C=O) groups excluding carboxylic acids is 1. The third-order valence-corrected chi connectivity index (χ3v) is 11.3. The van der Waals surface area contributed by atoms with Gasteiger partial charge in [-0.25, -0.2) is 0 Å². The quantitative estimate of drug-likeness (QED) is 0.355. The van der Waals surface area contributed by atoms with Gasteiger partial charge in [0.05, 0.1) is 5.82 Å². The number of rotatable bonds is 7. The first-order valence-electron chi connectivity index (χ1n) is 16.6. The Balaban J connectivity index is 1.03. The number of fused-ring (bicyclic) bond motifs is 4. The van der Waals surface area contributed by atoms with E-state index < -0.39 is 0 Å². The minimum absolute atomic E-state index is 0.327. The van der Waals surface area contributed by atoms with E-state index >= 15 is 0 Å². The van der Waals surface area contributed by atoms with Crippen molar-refractivity contribution in [2.24, 2.45) is 17.3 Å². The van der Waals surface area contributed by atoms with Gasteiger partial charge in [-0.3, -0.25) is 4.79 Å². The van der Waals surface area contributed by atoms with Crippen molar-refractivity contribution in [3.8, 4) is 0 Å². The molecule has 7 rings (SSSR count). The van der Waals surface area contributed by atoms with Crippen LogP contribution in [0.5, 0.6) is 0 Å². The first-order chi connectivity index (χ1) is 20.5. The van der Waals surface area contributed by atoms with E-state index in [1.54, 1.807) is 11.1 Å². The van der Waals surface area contributed by atoms with Gasteiger partial charge in [-0.15, -0.1) is 0 Å². The molecule has 0 aromatic heterocycles. The summed E-state index contributed by atoms with van der Waals surface area (Å²) in [6.07, 6.45) is 15.3. The van der Waals surface area contributed by atoms with Gasteiger partial charge in [-0.1, -0.05) is 49.8 Å². The van der Waals surface area contributed by atoms with Gasteiger partial charge in [-0.2, -0.15) is 0 Å². The van der Waals surface area contributed by atoms with Gasteiger partial charge in [0.15, 0.2) is 5.78 Å². The second-order valence-electron chi connectivity index (χ2n) is 13.9. The van der Waals surface area contributed by atoms with Gasteiger partial charge >= 0.3 is 0 Å². The molecule has 2 aromatic rings. The number of nitrogens with zero attached hydrogens (tertiary/aromatic N) is 1. The van der Waals surface area contributed by atoms with Gasteiger partial charge in [0.25, 0.3) is 0 Å². The van der Waals surface area contributed by atoms with E-state index in [2.05, 4.69) is 77.6 Å². The molecule has 4 heteroatoms. The Labute approximate surface area is 252 Å². The summed E-state index contributed by atoms with van der Waals surface area (Å²) in [4.78, 5) is 14.8. The molecule has 4 aliphatic carbocycles. The van der Waals surface area contributed by atoms with Crippen molar-refractivity contribution in [3.63, 3.8) is 0 Å². The maximum Gasteiger partial charge on any atom is 0.156 e.